The zero-order valence-electron chi connectivity index (χ0n) is 15.0. The van der Waals surface area contributed by atoms with Crippen LogP contribution in [0.25, 0.3) is 23.0 Å². The highest BCUT2D eigenvalue weighted by Gasteiger charge is 2.27. The predicted octanol–water partition coefficient (Wildman–Crippen LogP) is 4.23. The lowest BCUT2D eigenvalue weighted by Gasteiger charge is -2.24. The molecule has 0 spiro atoms. The number of rotatable bonds is 3. The second-order valence-electron chi connectivity index (χ2n) is 6.68. The lowest BCUT2D eigenvalue weighted by atomic mass is 10.1. The Morgan fingerprint density at radius 3 is 2.75 bits per heavy atom. The maximum Gasteiger partial charge on any atom is 0.259 e. The van der Waals surface area contributed by atoms with Crippen molar-refractivity contribution in [3.63, 3.8) is 0 Å². The van der Waals surface area contributed by atoms with Gasteiger partial charge >= 0.3 is 0 Å². The number of nitrogens with zero attached hydrogens (tertiary/aromatic N) is 5. The number of aryl methyl sites for hydroxylation is 1. The summed E-state index contributed by atoms with van der Waals surface area (Å²) in [6, 6.07) is 15.6. The first kappa shape index (κ1) is 17.1. The van der Waals surface area contributed by atoms with Gasteiger partial charge in [-0.3, -0.25) is 0 Å². The van der Waals surface area contributed by atoms with Gasteiger partial charge in [0.05, 0.1) is 29.4 Å². The maximum absolute atomic E-state index is 6.21. The standard InChI is InChI=1S/C20H16ClN5O2/c1-12-6-8-13(9-7-12)17-10-26-16(11-27-17)18(23-25-26)19-22-20(28-24-19)14-4-2-3-5-15(14)21/h2-9,17H,10-11H2,1H3/t17-/m0/s1. The third-order valence-corrected chi connectivity index (χ3v) is 5.12. The van der Waals surface area contributed by atoms with Crippen molar-refractivity contribution in [3.05, 3.63) is 70.4 Å². The topological polar surface area (TPSA) is 78.9 Å². The Morgan fingerprint density at radius 2 is 1.93 bits per heavy atom. The Hall–Kier alpha value is -3.03. The van der Waals surface area contributed by atoms with E-state index in [4.69, 9.17) is 20.9 Å². The SMILES string of the molecule is Cc1ccc([C@@H]2Cn3nnc(-c4noc(-c5ccccc5Cl)n4)c3CO2)cc1. The molecule has 0 aliphatic carbocycles. The van der Waals surface area contributed by atoms with Crippen LogP contribution in [-0.4, -0.2) is 25.1 Å². The maximum atomic E-state index is 6.21. The average molecular weight is 394 g/mol. The summed E-state index contributed by atoms with van der Waals surface area (Å²) in [5, 5.41) is 13.1. The number of fused-ring (bicyclic) bond motifs is 1. The van der Waals surface area contributed by atoms with Crippen LogP contribution < -0.4 is 0 Å². The lowest BCUT2D eigenvalue weighted by molar-refractivity contribution is -0.00112. The van der Waals surface area contributed by atoms with Gasteiger partial charge in [-0.25, -0.2) is 4.68 Å². The molecule has 8 heteroatoms. The molecule has 0 saturated heterocycles. The van der Waals surface area contributed by atoms with E-state index < -0.39 is 0 Å². The summed E-state index contributed by atoms with van der Waals surface area (Å²) < 4.78 is 13.3. The first-order chi connectivity index (χ1) is 13.7. The lowest BCUT2D eigenvalue weighted by Crippen LogP contribution is -2.22. The van der Waals surface area contributed by atoms with Crippen molar-refractivity contribution >= 4 is 11.6 Å². The number of hydrogen-bond donors (Lipinski definition) is 0. The van der Waals surface area contributed by atoms with Gasteiger partial charge in [0.15, 0.2) is 5.69 Å². The molecular formula is C20H16ClN5O2. The summed E-state index contributed by atoms with van der Waals surface area (Å²) in [5.74, 6) is 0.713. The van der Waals surface area contributed by atoms with Crippen LogP contribution in [0.5, 0.6) is 0 Å². The molecular weight excluding hydrogens is 378 g/mol. The molecule has 0 amide bonds. The molecule has 2 aromatic heterocycles. The van der Waals surface area contributed by atoms with Gasteiger partial charge in [-0.05, 0) is 24.6 Å². The molecule has 0 radical (unpaired) electrons. The quantitative estimate of drug-likeness (QED) is 0.518. The number of ether oxygens (including phenoxy) is 1. The van der Waals surface area contributed by atoms with E-state index in [9.17, 15) is 0 Å². The molecule has 0 N–H and O–H groups in total. The first-order valence-corrected chi connectivity index (χ1v) is 9.26. The van der Waals surface area contributed by atoms with Gasteiger partial charge in [-0.15, -0.1) is 5.10 Å². The van der Waals surface area contributed by atoms with Crippen molar-refractivity contribution < 1.29 is 9.26 Å². The number of halogens is 1. The summed E-state index contributed by atoms with van der Waals surface area (Å²) >= 11 is 6.21. The Balaban J connectivity index is 1.43. The van der Waals surface area contributed by atoms with Crippen LogP contribution in [0.3, 0.4) is 0 Å². The van der Waals surface area contributed by atoms with Gasteiger partial charge in [0.25, 0.3) is 5.89 Å². The van der Waals surface area contributed by atoms with E-state index in [2.05, 4.69) is 51.6 Å². The molecule has 4 aromatic rings. The van der Waals surface area contributed by atoms with E-state index in [0.717, 1.165) is 11.3 Å². The summed E-state index contributed by atoms with van der Waals surface area (Å²) in [6.07, 6.45) is -0.0633. The van der Waals surface area contributed by atoms with Gasteiger partial charge in [0, 0.05) is 0 Å². The fourth-order valence-electron chi connectivity index (χ4n) is 3.23. The van der Waals surface area contributed by atoms with Gasteiger partial charge in [0.2, 0.25) is 5.82 Å². The highest BCUT2D eigenvalue weighted by Crippen LogP contribution is 2.32. The molecule has 3 heterocycles. The fourth-order valence-corrected chi connectivity index (χ4v) is 3.45. The third kappa shape index (κ3) is 2.98. The summed E-state index contributed by atoms with van der Waals surface area (Å²) in [6.45, 7) is 3.02. The van der Waals surface area contributed by atoms with Crippen molar-refractivity contribution in [2.24, 2.45) is 0 Å². The summed E-state index contributed by atoms with van der Waals surface area (Å²) in [5.41, 5.74) is 4.41. The molecule has 0 bridgehead atoms. The number of benzene rings is 2. The molecule has 0 unspecified atom stereocenters. The molecule has 1 aliphatic heterocycles. The summed E-state index contributed by atoms with van der Waals surface area (Å²) in [4.78, 5) is 4.45. The molecule has 1 aliphatic rings. The van der Waals surface area contributed by atoms with Crippen molar-refractivity contribution in [1.82, 2.24) is 25.1 Å². The van der Waals surface area contributed by atoms with Crippen molar-refractivity contribution in [3.8, 4) is 23.0 Å². The number of hydrogen-bond acceptors (Lipinski definition) is 6. The van der Waals surface area contributed by atoms with Crippen molar-refractivity contribution in [1.29, 1.82) is 0 Å². The van der Waals surface area contributed by atoms with Crippen LogP contribution >= 0.6 is 11.6 Å². The minimum Gasteiger partial charge on any atom is -0.365 e. The highest BCUT2D eigenvalue weighted by molar-refractivity contribution is 6.33. The zero-order valence-corrected chi connectivity index (χ0v) is 15.8. The molecule has 28 heavy (non-hydrogen) atoms. The Bertz CT molecular complexity index is 1140. The van der Waals surface area contributed by atoms with Crippen LogP contribution in [0.4, 0.5) is 0 Å². The second kappa shape index (κ2) is 6.85. The van der Waals surface area contributed by atoms with Crippen LogP contribution in [0.1, 0.15) is 22.9 Å². The molecule has 7 nitrogen and oxygen atoms in total. The van der Waals surface area contributed by atoms with Gasteiger partial charge in [-0.2, -0.15) is 4.98 Å². The largest absolute Gasteiger partial charge is 0.365 e. The van der Waals surface area contributed by atoms with Crippen molar-refractivity contribution in [2.75, 3.05) is 0 Å². The molecule has 1 atom stereocenters. The molecule has 0 saturated carbocycles. The highest BCUT2D eigenvalue weighted by atomic mass is 35.5. The molecule has 140 valence electrons. The van der Waals surface area contributed by atoms with E-state index in [-0.39, 0.29) is 6.10 Å². The van der Waals surface area contributed by atoms with Gasteiger partial charge in [-0.1, -0.05) is 63.9 Å². The minimum absolute atomic E-state index is 0.0633. The first-order valence-electron chi connectivity index (χ1n) is 8.88. The monoisotopic (exact) mass is 393 g/mol. The van der Waals surface area contributed by atoms with Gasteiger partial charge < -0.3 is 9.26 Å². The van der Waals surface area contributed by atoms with Crippen LogP contribution in [0, 0.1) is 6.92 Å². The van der Waals surface area contributed by atoms with E-state index in [1.165, 1.54) is 5.56 Å². The minimum atomic E-state index is -0.0633. The summed E-state index contributed by atoms with van der Waals surface area (Å²) in [7, 11) is 0. The Kier molecular flexibility index (Phi) is 4.18. The Labute approximate surface area is 165 Å². The molecule has 5 rings (SSSR count). The Morgan fingerprint density at radius 1 is 1.11 bits per heavy atom. The van der Waals surface area contributed by atoms with Crippen molar-refractivity contribution in [2.45, 2.75) is 26.2 Å². The second-order valence-corrected chi connectivity index (χ2v) is 7.09. The fraction of sp³-hybridized carbons (Fsp3) is 0.200. The molecule has 0 fully saturated rings. The smallest absolute Gasteiger partial charge is 0.259 e. The third-order valence-electron chi connectivity index (χ3n) is 4.79. The van der Waals surface area contributed by atoms with Gasteiger partial charge in [0.1, 0.15) is 6.10 Å². The molecule has 2 aromatic carbocycles. The van der Waals surface area contributed by atoms with Crippen LogP contribution in [0.2, 0.25) is 5.02 Å². The van der Waals surface area contributed by atoms with E-state index in [1.807, 2.05) is 22.9 Å². The van der Waals surface area contributed by atoms with Crippen LogP contribution in [-0.2, 0) is 17.9 Å². The zero-order chi connectivity index (χ0) is 19.1. The van der Waals surface area contributed by atoms with E-state index >= 15 is 0 Å². The average Bonchev–Trinajstić information content (AvgIpc) is 3.35. The predicted molar refractivity (Wildman–Crippen MR) is 102 cm³/mol. The van der Waals surface area contributed by atoms with E-state index in [0.29, 0.717) is 41.1 Å². The van der Waals surface area contributed by atoms with E-state index in [1.54, 1.807) is 6.07 Å². The normalized spacial score (nSPS) is 16.1. The van der Waals surface area contributed by atoms with Crippen LogP contribution in [0.15, 0.2) is 53.1 Å². The number of aromatic nitrogens is 5.